The van der Waals surface area contributed by atoms with Crippen molar-refractivity contribution < 1.29 is 5.21 Å². The molecule has 0 atom stereocenters. The van der Waals surface area contributed by atoms with Crippen molar-refractivity contribution in [2.75, 3.05) is 11.4 Å². The Morgan fingerprint density at radius 2 is 2.24 bits per heavy atom. The molecule has 1 aromatic heterocycles. The molecule has 110 valence electrons. The summed E-state index contributed by atoms with van der Waals surface area (Å²) < 4.78 is 0. The maximum absolute atomic E-state index is 8.69. The molecule has 1 heterocycles. The largest absolute Gasteiger partial charge is 0.409 e. The van der Waals surface area contributed by atoms with Crippen LogP contribution in [0, 0.1) is 0 Å². The minimum absolute atomic E-state index is 0.252. The van der Waals surface area contributed by atoms with Crippen LogP contribution in [-0.4, -0.2) is 28.6 Å². The van der Waals surface area contributed by atoms with Crippen molar-refractivity contribution in [1.29, 1.82) is 0 Å². The Morgan fingerprint density at radius 1 is 1.43 bits per heavy atom. The van der Waals surface area contributed by atoms with Crippen LogP contribution < -0.4 is 10.6 Å². The van der Waals surface area contributed by atoms with E-state index in [2.05, 4.69) is 15.0 Å². The summed E-state index contributed by atoms with van der Waals surface area (Å²) in [6.07, 6.45) is 4.68. The second-order valence-electron chi connectivity index (χ2n) is 5.26. The minimum atomic E-state index is 0.252. The fraction of sp³-hybridized carbons (Fsp3) is 0.333. The number of nitrogens with zero attached hydrogens (tertiary/aromatic N) is 3. The quantitative estimate of drug-likeness (QED) is 0.385. The molecule has 1 fully saturated rings. The van der Waals surface area contributed by atoms with Crippen LogP contribution in [0.4, 0.5) is 5.69 Å². The topological polar surface area (TPSA) is 74.7 Å². The number of oxime groups is 1. The molecule has 1 saturated carbocycles. The van der Waals surface area contributed by atoms with Crippen LogP contribution in [0.1, 0.15) is 19.3 Å². The van der Waals surface area contributed by atoms with Crippen molar-refractivity contribution in [2.24, 2.45) is 10.9 Å². The van der Waals surface area contributed by atoms with E-state index in [9.17, 15) is 0 Å². The number of benzene rings is 1. The van der Waals surface area contributed by atoms with E-state index in [1.165, 1.54) is 12.8 Å². The van der Waals surface area contributed by atoms with Crippen molar-refractivity contribution in [2.45, 2.75) is 25.3 Å². The zero-order chi connectivity index (χ0) is 14.8. The minimum Gasteiger partial charge on any atom is -0.409 e. The van der Waals surface area contributed by atoms with E-state index < -0.39 is 0 Å². The molecule has 0 bridgehead atoms. The highest BCUT2D eigenvalue weighted by atomic mass is 35.5. The van der Waals surface area contributed by atoms with Crippen molar-refractivity contribution >= 4 is 34.0 Å². The number of hydrogen-bond acceptors (Lipinski definition) is 4. The highest BCUT2D eigenvalue weighted by molar-refractivity contribution is 6.31. The zero-order valence-electron chi connectivity index (χ0n) is 11.5. The van der Waals surface area contributed by atoms with Crippen LogP contribution in [0.3, 0.4) is 0 Å². The molecular weight excluding hydrogens is 288 g/mol. The Morgan fingerprint density at radius 3 is 2.95 bits per heavy atom. The van der Waals surface area contributed by atoms with Gasteiger partial charge in [0.1, 0.15) is 5.84 Å². The average molecular weight is 305 g/mol. The van der Waals surface area contributed by atoms with E-state index in [4.69, 9.17) is 22.5 Å². The van der Waals surface area contributed by atoms with Crippen LogP contribution in [0.15, 0.2) is 35.6 Å². The van der Waals surface area contributed by atoms with Crippen LogP contribution in [0.25, 0.3) is 10.9 Å². The molecule has 3 N–H and O–H groups in total. The first-order valence-electron chi connectivity index (χ1n) is 6.96. The summed E-state index contributed by atoms with van der Waals surface area (Å²) in [6, 6.07) is 8.29. The van der Waals surface area contributed by atoms with Gasteiger partial charge in [-0.3, -0.25) is 4.98 Å². The van der Waals surface area contributed by atoms with Gasteiger partial charge in [-0.1, -0.05) is 16.8 Å². The number of nitrogens with two attached hydrogens (primary N) is 1. The third kappa shape index (κ3) is 3.03. The Hall–Kier alpha value is -2.01. The molecule has 1 aliphatic carbocycles. The average Bonchev–Trinajstić information content (AvgIpc) is 3.31. The highest BCUT2D eigenvalue weighted by Gasteiger charge is 2.30. The molecule has 0 radical (unpaired) electrons. The van der Waals surface area contributed by atoms with Gasteiger partial charge in [-0.2, -0.15) is 0 Å². The van der Waals surface area contributed by atoms with Crippen LogP contribution in [0.5, 0.6) is 0 Å². The third-order valence-corrected chi connectivity index (χ3v) is 3.95. The Bertz CT molecular complexity index is 684. The summed E-state index contributed by atoms with van der Waals surface area (Å²) in [7, 11) is 0. The van der Waals surface area contributed by atoms with E-state index in [0.29, 0.717) is 17.5 Å². The summed E-state index contributed by atoms with van der Waals surface area (Å²) in [5.74, 6) is 0.252. The number of aromatic nitrogens is 1. The second-order valence-corrected chi connectivity index (χ2v) is 5.69. The molecular formula is C15H17ClN4O. The molecule has 5 nitrogen and oxygen atoms in total. The predicted molar refractivity (Wildman–Crippen MR) is 85.1 cm³/mol. The van der Waals surface area contributed by atoms with Crippen molar-refractivity contribution in [3.05, 3.63) is 35.5 Å². The Kier molecular flexibility index (Phi) is 3.84. The lowest BCUT2D eigenvalue weighted by atomic mass is 10.1. The molecule has 0 amide bonds. The lowest BCUT2D eigenvalue weighted by Crippen LogP contribution is -2.30. The summed E-state index contributed by atoms with van der Waals surface area (Å²) in [5.41, 5.74) is 7.61. The summed E-state index contributed by atoms with van der Waals surface area (Å²) in [4.78, 5) is 6.69. The molecule has 1 aromatic carbocycles. The Labute approximate surface area is 128 Å². The number of rotatable bonds is 5. The van der Waals surface area contributed by atoms with Crippen molar-refractivity contribution in [3.8, 4) is 0 Å². The SMILES string of the molecule is NC(CCN(c1ccnc2cc(Cl)ccc12)C1CC1)=NO. The number of halogens is 1. The van der Waals surface area contributed by atoms with Gasteiger partial charge >= 0.3 is 0 Å². The van der Waals surface area contributed by atoms with Gasteiger partial charge in [0.05, 0.1) is 5.52 Å². The first-order chi connectivity index (χ1) is 10.2. The number of fused-ring (bicyclic) bond motifs is 1. The van der Waals surface area contributed by atoms with E-state index in [0.717, 1.165) is 23.1 Å². The molecule has 6 heteroatoms. The predicted octanol–water partition coefficient (Wildman–Crippen LogP) is 2.99. The number of pyridine rings is 1. The van der Waals surface area contributed by atoms with Crippen molar-refractivity contribution in [1.82, 2.24) is 4.98 Å². The van der Waals surface area contributed by atoms with Crippen LogP contribution in [-0.2, 0) is 0 Å². The number of anilines is 1. The first kappa shape index (κ1) is 13.9. The molecule has 0 saturated heterocycles. The first-order valence-corrected chi connectivity index (χ1v) is 7.34. The standard InChI is InChI=1S/C15H17ClN4O/c16-10-1-4-12-13(9-10)18-7-5-14(12)20(11-2-3-11)8-6-15(17)19-21/h1,4-5,7,9,11,21H,2-3,6,8H2,(H2,17,19). The lowest BCUT2D eigenvalue weighted by Gasteiger charge is -2.25. The van der Waals surface area contributed by atoms with Gasteiger partial charge in [0.2, 0.25) is 0 Å². The molecule has 2 aromatic rings. The number of amidine groups is 1. The van der Waals surface area contributed by atoms with Gasteiger partial charge in [0.25, 0.3) is 0 Å². The summed E-state index contributed by atoms with van der Waals surface area (Å²) in [6.45, 7) is 0.725. The second kappa shape index (κ2) is 5.77. The highest BCUT2D eigenvalue weighted by Crippen LogP contribution is 2.35. The van der Waals surface area contributed by atoms with E-state index in [1.807, 2.05) is 24.3 Å². The van der Waals surface area contributed by atoms with Gasteiger partial charge in [-0.05, 0) is 37.1 Å². The molecule has 0 unspecified atom stereocenters. The zero-order valence-corrected chi connectivity index (χ0v) is 12.3. The summed E-state index contributed by atoms with van der Waals surface area (Å²) >= 11 is 6.03. The monoisotopic (exact) mass is 304 g/mol. The van der Waals surface area contributed by atoms with Gasteiger partial charge in [0.15, 0.2) is 0 Å². The van der Waals surface area contributed by atoms with Gasteiger partial charge in [0, 0.05) is 41.3 Å². The number of hydrogen-bond donors (Lipinski definition) is 2. The fourth-order valence-corrected chi connectivity index (χ4v) is 2.69. The van der Waals surface area contributed by atoms with Crippen LogP contribution in [0.2, 0.25) is 5.02 Å². The molecule has 1 aliphatic rings. The molecule has 0 spiro atoms. The third-order valence-electron chi connectivity index (χ3n) is 3.72. The lowest BCUT2D eigenvalue weighted by molar-refractivity contribution is 0.317. The fourth-order valence-electron chi connectivity index (χ4n) is 2.53. The van der Waals surface area contributed by atoms with Crippen molar-refractivity contribution in [3.63, 3.8) is 0 Å². The normalized spacial score (nSPS) is 15.4. The van der Waals surface area contributed by atoms with E-state index in [1.54, 1.807) is 6.20 Å². The van der Waals surface area contributed by atoms with Gasteiger partial charge in [-0.25, -0.2) is 0 Å². The van der Waals surface area contributed by atoms with E-state index >= 15 is 0 Å². The molecule has 0 aliphatic heterocycles. The Balaban J connectivity index is 1.95. The van der Waals surface area contributed by atoms with E-state index in [-0.39, 0.29) is 5.84 Å². The van der Waals surface area contributed by atoms with Crippen LogP contribution >= 0.6 is 11.6 Å². The maximum atomic E-state index is 8.69. The molecule has 3 rings (SSSR count). The smallest absolute Gasteiger partial charge is 0.140 e. The maximum Gasteiger partial charge on any atom is 0.140 e. The van der Waals surface area contributed by atoms with Gasteiger partial charge in [-0.15, -0.1) is 0 Å². The summed E-state index contributed by atoms with van der Waals surface area (Å²) in [5, 5.41) is 13.5. The molecule has 21 heavy (non-hydrogen) atoms. The van der Waals surface area contributed by atoms with Gasteiger partial charge < -0.3 is 15.8 Å².